The molecule has 4 heteroatoms. The highest BCUT2D eigenvalue weighted by molar-refractivity contribution is 5.79. The molecule has 0 saturated carbocycles. The number of rotatable bonds is 5. The molecule has 1 aromatic carbocycles. The van der Waals surface area contributed by atoms with Crippen LogP contribution in [-0.2, 0) is 11.3 Å². The number of carbonyl (C=O) groups is 1. The van der Waals surface area contributed by atoms with Crippen molar-refractivity contribution in [3.8, 4) is 0 Å². The van der Waals surface area contributed by atoms with Gasteiger partial charge in [-0.25, -0.2) is 0 Å². The maximum absolute atomic E-state index is 12.5. The molecule has 1 aromatic rings. The number of carbonyl (C=O) groups excluding carboxylic acids is 1. The van der Waals surface area contributed by atoms with E-state index in [9.17, 15) is 4.79 Å². The van der Waals surface area contributed by atoms with Gasteiger partial charge in [0, 0.05) is 39.3 Å². The molecule has 1 fully saturated rings. The van der Waals surface area contributed by atoms with Gasteiger partial charge < -0.3 is 10.6 Å². The van der Waals surface area contributed by atoms with Gasteiger partial charge in [-0.2, -0.15) is 0 Å². The number of benzene rings is 1. The molecule has 0 aromatic heterocycles. The lowest BCUT2D eigenvalue weighted by Gasteiger charge is -2.37. The normalized spacial score (nSPS) is 18.0. The number of hydrogen-bond acceptors (Lipinski definition) is 3. The van der Waals surface area contributed by atoms with E-state index < -0.39 is 0 Å². The van der Waals surface area contributed by atoms with E-state index >= 15 is 0 Å². The molecule has 1 unspecified atom stereocenters. The second kappa shape index (κ2) is 7.57. The second-order valence-corrected chi connectivity index (χ2v) is 6.17. The van der Waals surface area contributed by atoms with Gasteiger partial charge in [0.25, 0.3) is 0 Å². The van der Waals surface area contributed by atoms with Crippen molar-refractivity contribution in [2.24, 2.45) is 17.6 Å². The summed E-state index contributed by atoms with van der Waals surface area (Å²) in [6, 6.07) is 10.5. The Hall–Kier alpha value is -1.39. The predicted octanol–water partition coefficient (Wildman–Crippen LogP) is 1.56. The fourth-order valence-electron chi connectivity index (χ4n) is 2.86. The number of nitrogens with two attached hydrogens (primary N) is 1. The summed E-state index contributed by atoms with van der Waals surface area (Å²) in [6.07, 6.45) is 0. The molecule has 1 saturated heterocycles. The molecule has 2 rings (SSSR count). The molecule has 4 nitrogen and oxygen atoms in total. The lowest BCUT2D eigenvalue weighted by atomic mass is 9.94. The maximum atomic E-state index is 12.5. The predicted molar refractivity (Wildman–Crippen MR) is 85.7 cm³/mol. The van der Waals surface area contributed by atoms with E-state index in [1.54, 1.807) is 0 Å². The first-order valence-corrected chi connectivity index (χ1v) is 7.87. The van der Waals surface area contributed by atoms with Crippen LogP contribution in [0, 0.1) is 11.8 Å². The number of amides is 1. The molecular weight excluding hydrogens is 262 g/mol. The van der Waals surface area contributed by atoms with Crippen molar-refractivity contribution in [3.63, 3.8) is 0 Å². The Labute approximate surface area is 127 Å². The topological polar surface area (TPSA) is 49.6 Å². The minimum Gasteiger partial charge on any atom is -0.340 e. The summed E-state index contributed by atoms with van der Waals surface area (Å²) in [5, 5.41) is 0. The summed E-state index contributed by atoms with van der Waals surface area (Å²) in [7, 11) is 0. The van der Waals surface area contributed by atoms with Crippen LogP contribution in [0.5, 0.6) is 0 Å². The third-order valence-electron chi connectivity index (χ3n) is 4.31. The molecule has 1 heterocycles. The highest BCUT2D eigenvalue weighted by Crippen LogP contribution is 2.15. The van der Waals surface area contributed by atoms with Crippen molar-refractivity contribution in [1.82, 2.24) is 9.80 Å². The molecular formula is C17H27N3O. The molecule has 1 aliphatic heterocycles. The van der Waals surface area contributed by atoms with Crippen molar-refractivity contribution < 1.29 is 4.79 Å². The first-order valence-electron chi connectivity index (χ1n) is 7.87. The molecule has 0 radical (unpaired) electrons. The summed E-state index contributed by atoms with van der Waals surface area (Å²) in [5.41, 5.74) is 7.09. The minimum absolute atomic E-state index is 0.0364. The summed E-state index contributed by atoms with van der Waals surface area (Å²) < 4.78 is 0. The Balaban J connectivity index is 1.84. The Kier molecular flexibility index (Phi) is 5.76. The number of piperazine rings is 1. The van der Waals surface area contributed by atoms with Crippen molar-refractivity contribution in [3.05, 3.63) is 35.9 Å². The fraction of sp³-hybridized carbons (Fsp3) is 0.588. The first kappa shape index (κ1) is 16.0. The largest absolute Gasteiger partial charge is 0.340 e. The van der Waals surface area contributed by atoms with E-state index in [1.165, 1.54) is 5.56 Å². The summed E-state index contributed by atoms with van der Waals surface area (Å²) >= 11 is 0. The molecule has 21 heavy (non-hydrogen) atoms. The standard InChI is InChI=1S/C17H27N3O/c1-14(2)16(12-18)17(21)20-10-8-19(9-11-20)13-15-6-4-3-5-7-15/h3-7,14,16H,8-13,18H2,1-2H3. The Bertz CT molecular complexity index is 439. The second-order valence-electron chi connectivity index (χ2n) is 6.17. The third-order valence-corrected chi connectivity index (χ3v) is 4.31. The van der Waals surface area contributed by atoms with Gasteiger partial charge in [-0.3, -0.25) is 9.69 Å². The summed E-state index contributed by atoms with van der Waals surface area (Å²) in [4.78, 5) is 16.9. The van der Waals surface area contributed by atoms with E-state index in [2.05, 4.69) is 43.0 Å². The SMILES string of the molecule is CC(C)C(CN)C(=O)N1CCN(Cc2ccccc2)CC1. The van der Waals surface area contributed by atoms with Crippen LogP contribution in [0.4, 0.5) is 0 Å². The van der Waals surface area contributed by atoms with Crippen LogP contribution in [0.25, 0.3) is 0 Å². The molecule has 2 N–H and O–H groups in total. The average molecular weight is 289 g/mol. The van der Waals surface area contributed by atoms with Crippen molar-refractivity contribution >= 4 is 5.91 Å². The van der Waals surface area contributed by atoms with Crippen LogP contribution in [0.15, 0.2) is 30.3 Å². The van der Waals surface area contributed by atoms with Gasteiger partial charge in [0.1, 0.15) is 0 Å². The number of nitrogens with zero attached hydrogens (tertiary/aromatic N) is 2. The molecule has 116 valence electrons. The Morgan fingerprint density at radius 1 is 1.14 bits per heavy atom. The van der Waals surface area contributed by atoms with Crippen molar-refractivity contribution in [2.75, 3.05) is 32.7 Å². The first-order chi connectivity index (χ1) is 10.1. The Morgan fingerprint density at radius 3 is 2.29 bits per heavy atom. The van der Waals surface area contributed by atoms with Crippen molar-refractivity contribution in [1.29, 1.82) is 0 Å². The van der Waals surface area contributed by atoms with E-state index in [1.807, 2.05) is 11.0 Å². The van der Waals surface area contributed by atoms with Gasteiger partial charge >= 0.3 is 0 Å². The van der Waals surface area contributed by atoms with E-state index in [-0.39, 0.29) is 11.8 Å². The molecule has 0 bridgehead atoms. The lowest BCUT2D eigenvalue weighted by Crippen LogP contribution is -2.51. The Morgan fingerprint density at radius 2 is 1.76 bits per heavy atom. The third kappa shape index (κ3) is 4.29. The van der Waals surface area contributed by atoms with E-state index in [4.69, 9.17) is 5.73 Å². The highest BCUT2D eigenvalue weighted by atomic mass is 16.2. The smallest absolute Gasteiger partial charge is 0.227 e. The minimum atomic E-state index is -0.0364. The van der Waals surface area contributed by atoms with Crippen LogP contribution < -0.4 is 5.73 Å². The van der Waals surface area contributed by atoms with Gasteiger partial charge in [-0.1, -0.05) is 44.2 Å². The zero-order chi connectivity index (χ0) is 15.2. The van der Waals surface area contributed by atoms with Gasteiger partial charge in [0.05, 0.1) is 5.92 Å². The zero-order valence-electron chi connectivity index (χ0n) is 13.2. The van der Waals surface area contributed by atoms with E-state index in [0.717, 1.165) is 32.7 Å². The lowest BCUT2D eigenvalue weighted by molar-refractivity contribution is -0.138. The molecule has 1 aliphatic rings. The summed E-state index contributed by atoms with van der Waals surface area (Å²) in [5.74, 6) is 0.502. The number of hydrogen-bond donors (Lipinski definition) is 1. The van der Waals surface area contributed by atoms with Crippen LogP contribution in [-0.4, -0.2) is 48.4 Å². The van der Waals surface area contributed by atoms with Crippen LogP contribution >= 0.6 is 0 Å². The summed E-state index contributed by atoms with van der Waals surface area (Å²) in [6.45, 7) is 9.06. The van der Waals surface area contributed by atoms with Crippen LogP contribution in [0.2, 0.25) is 0 Å². The fourth-order valence-corrected chi connectivity index (χ4v) is 2.86. The highest BCUT2D eigenvalue weighted by Gasteiger charge is 2.28. The maximum Gasteiger partial charge on any atom is 0.227 e. The van der Waals surface area contributed by atoms with Gasteiger partial charge in [0.15, 0.2) is 0 Å². The van der Waals surface area contributed by atoms with Gasteiger partial charge in [0.2, 0.25) is 5.91 Å². The monoisotopic (exact) mass is 289 g/mol. The molecule has 1 atom stereocenters. The molecule has 0 aliphatic carbocycles. The molecule has 0 spiro atoms. The van der Waals surface area contributed by atoms with Gasteiger partial charge in [-0.15, -0.1) is 0 Å². The average Bonchev–Trinajstić information content (AvgIpc) is 2.49. The van der Waals surface area contributed by atoms with Crippen LogP contribution in [0.1, 0.15) is 19.4 Å². The van der Waals surface area contributed by atoms with Crippen molar-refractivity contribution in [2.45, 2.75) is 20.4 Å². The van der Waals surface area contributed by atoms with E-state index in [0.29, 0.717) is 12.5 Å². The zero-order valence-corrected chi connectivity index (χ0v) is 13.2. The van der Waals surface area contributed by atoms with Gasteiger partial charge in [-0.05, 0) is 11.5 Å². The quantitative estimate of drug-likeness (QED) is 0.895. The van der Waals surface area contributed by atoms with Crippen LogP contribution in [0.3, 0.4) is 0 Å². The molecule has 1 amide bonds.